The van der Waals surface area contributed by atoms with E-state index in [9.17, 15) is 4.39 Å². The Labute approximate surface area is 123 Å². The van der Waals surface area contributed by atoms with Crippen LogP contribution in [0.2, 0.25) is 0 Å². The van der Waals surface area contributed by atoms with Crippen LogP contribution in [0.1, 0.15) is 36.6 Å². The topological polar surface area (TPSA) is 67.6 Å². The second-order valence-corrected chi connectivity index (χ2v) is 5.35. The highest BCUT2D eigenvalue weighted by Crippen LogP contribution is 2.36. The van der Waals surface area contributed by atoms with Crippen molar-refractivity contribution in [1.29, 1.82) is 5.26 Å². The predicted molar refractivity (Wildman–Crippen MR) is 77.7 cm³/mol. The molecule has 0 aliphatic heterocycles. The van der Waals surface area contributed by atoms with Crippen molar-refractivity contribution in [3.05, 3.63) is 41.3 Å². The van der Waals surface area contributed by atoms with Gasteiger partial charge in [0.25, 0.3) is 0 Å². The van der Waals surface area contributed by atoms with E-state index in [0.29, 0.717) is 13.0 Å². The van der Waals surface area contributed by atoms with Crippen LogP contribution in [-0.2, 0) is 13.0 Å². The Morgan fingerprint density at radius 1 is 1.48 bits per heavy atom. The number of aryl methyl sites for hydroxylation is 1. The van der Waals surface area contributed by atoms with Crippen LogP contribution in [0.4, 0.5) is 4.39 Å². The Bertz CT molecular complexity index is 699. The van der Waals surface area contributed by atoms with Gasteiger partial charge in [-0.05, 0) is 31.4 Å². The monoisotopic (exact) mass is 284 g/mol. The molecule has 0 spiro atoms. The maximum absolute atomic E-state index is 13.5. The van der Waals surface area contributed by atoms with E-state index in [1.54, 1.807) is 6.07 Å². The van der Waals surface area contributed by atoms with E-state index in [1.807, 2.05) is 10.7 Å². The third-order valence-corrected chi connectivity index (χ3v) is 3.93. The average molecular weight is 284 g/mol. The molecule has 0 saturated carbocycles. The van der Waals surface area contributed by atoms with Gasteiger partial charge < -0.3 is 5.73 Å². The van der Waals surface area contributed by atoms with Crippen LogP contribution in [0.3, 0.4) is 0 Å². The molecule has 3 rings (SSSR count). The standard InChI is InChI=1S/C16H17FN4/c17-12-5-1-4-11(10-12)16-15-13(19)6-2-7-14(15)21(20-16)9-3-8-18/h1,4-5,10,13H,2-3,6-7,9,19H2. The lowest BCUT2D eigenvalue weighted by atomic mass is 9.89. The summed E-state index contributed by atoms with van der Waals surface area (Å²) in [5.41, 5.74) is 9.88. The summed E-state index contributed by atoms with van der Waals surface area (Å²) in [6, 6.07) is 8.51. The number of nitriles is 1. The first-order chi connectivity index (χ1) is 10.2. The van der Waals surface area contributed by atoms with E-state index in [1.165, 1.54) is 12.1 Å². The van der Waals surface area contributed by atoms with Gasteiger partial charge >= 0.3 is 0 Å². The summed E-state index contributed by atoms with van der Waals surface area (Å²) in [6.45, 7) is 0.556. The first-order valence-corrected chi connectivity index (χ1v) is 7.18. The van der Waals surface area contributed by atoms with E-state index in [0.717, 1.165) is 41.8 Å². The second-order valence-electron chi connectivity index (χ2n) is 5.35. The zero-order valence-corrected chi connectivity index (χ0v) is 11.7. The Morgan fingerprint density at radius 3 is 3.10 bits per heavy atom. The summed E-state index contributed by atoms with van der Waals surface area (Å²) in [5, 5.41) is 13.4. The maximum Gasteiger partial charge on any atom is 0.123 e. The fourth-order valence-electron chi connectivity index (χ4n) is 2.99. The van der Waals surface area contributed by atoms with Gasteiger partial charge in [0.15, 0.2) is 0 Å². The molecule has 1 aliphatic carbocycles. The molecule has 1 aromatic carbocycles. The minimum absolute atomic E-state index is 0.0668. The van der Waals surface area contributed by atoms with Gasteiger partial charge in [-0.1, -0.05) is 12.1 Å². The van der Waals surface area contributed by atoms with E-state index in [4.69, 9.17) is 11.0 Å². The van der Waals surface area contributed by atoms with Crippen LogP contribution in [0, 0.1) is 17.1 Å². The molecule has 5 heteroatoms. The molecule has 1 unspecified atom stereocenters. The zero-order chi connectivity index (χ0) is 14.8. The third-order valence-electron chi connectivity index (χ3n) is 3.93. The Balaban J connectivity index is 2.12. The smallest absolute Gasteiger partial charge is 0.123 e. The molecule has 1 aliphatic rings. The SMILES string of the molecule is N#CCCn1nc(-c2cccc(F)c2)c2c1CCCC2N. The number of aromatic nitrogens is 2. The van der Waals surface area contributed by atoms with Gasteiger partial charge in [0, 0.05) is 22.9 Å². The second kappa shape index (κ2) is 5.66. The van der Waals surface area contributed by atoms with Gasteiger partial charge in [0.2, 0.25) is 0 Å². The number of nitrogens with zero attached hydrogens (tertiary/aromatic N) is 3. The van der Waals surface area contributed by atoms with Crippen molar-refractivity contribution >= 4 is 0 Å². The molecule has 2 aromatic rings. The number of benzene rings is 1. The fourth-order valence-corrected chi connectivity index (χ4v) is 2.99. The molecule has 1 aromatic heterocycles. The molecule has 2 N–H and O–H groups in total. The van der Waals surface area contributed by atoms with Crippen LogP contribution in [0.25, 0.3) is 11.3 Å². The summed E-state index contributed by atoms with van der Waals surface area (Å²) in [4.78, 5) is 0. The first-order valence-electron chi connectivity index (χ1n) is 7.18. The quantitative estimate of drug-likeness (QED) is 0.942. The lowest BCUT2D eigenvalue weighted by Crippen LogP contribution is -2.19. The van der Waals surface area contributed by atoms with Crippen molar-refractivity contribution in [3.8, 4) is 17.3 Å². The Morgan fingerprint density at radius 2 is 2.33 bits per heavy atom. The molecular formula is C16H17FN4. The minimum Gasteiger partial charge on any atom is -0.324 e. The maximum atomic E-state index is 13.5. The summed E-state index contributed by atoms with van der Waals surface area (Å²) in [7, 11) is 0. The molecule has 1 atom stereocenters. The van der Waals surface area contributed by atoms with Gasteiger partial charge in [-0.3, -0.25) is 4.68 Å². The lowest BCUT2D eigenvalue weighted by Gasteiger charge is -2.20. The van der Waals surface area contributed by atoms with Crippen LogP contribution < -0.4 is 5.73 Å². The third kappa shape index (κ3) is 2.55. The van der Waals surface area contributed by atoms with Crippen LogP contribution >= 0.6 is 0 Å². The highest BCUT2D eigenvalue weighted by molar-refractivity contribution is 5.65. The molecular weight excluding hydrogens is 267 g/mol. The molecule has 0 radical (unpaired) electrons. The number of nitrogens with two attached hydrogens (primary N) is 1. The summed E-state index contributed by atoms with van der Waals surface area (Å²) in [6.07, 6.45) is 3.26. The lowest BCUT2D eigenvalue weighted by molar-refractivity contribution is 0.524. The Kier molecular flexibility index (Phi) is 3.72. The molecule has 0 bridgehead atoms. The van der Waals surface area contributed by atoms with E-state index < -0.39 is 0 Å². The zero-order valence-electron chi connectivity index (χ0n) is 11.7. The van der Waals surface area contributed by atoms with Gasteiger partial charge in [-0.25, -0.2) is 4.39 Å². The molecule has 0 amide bonds. The molecule has 4 nitrogen and oxygen atoms in total. The van der Waals surface area contributed by atoms with Crippen molar-refractivity contribution in [2.24, 2.45) is 5.73 Å². The summed E-state index contributed by atoms with van der Waals surface area (Å²) < 4.78 is 15.4. The van der Waals surface area contributed by atoms with E-state index in [-0.39, 0.29) is 11.9 Å². The Hall–Kier alpha value is -2.19. The first kappa shape index (κ1) is 13.8. The number of hydrogen-bond donors (Lipinski definition) is 1. The van der Waals surface area contributed by atoms with E-state index in [2.05, 4.69) is 11.2 Å². The van der Waals surface area contributed by atoms with Gasteiger partial charge in [0.05, 0.1) is 24.7 Å². The number of halogens is 1. The fraction of sp³-hybridized carbons (Fsp3) is 0.375. The van der Waals surface area contributed by atoms with Gasteiger partial charge in [-0.2, -0.15) is 10.4 Å². The van der Waals surface area contributed by atoms with Crippen molar-refractivity contribution < 1.29 is 4.39 Å². The van der Waals surface area contributed by atoms with Gasteiger partial charge in [-0.15, -0.1) is 0 Å². The highest BCUT2D eigenvalue weighted by atomic mass is 19.1. The van der Waals surface area contributed by atoms with Crippen LogP contribution in [0.15, 0.2) is 24.3 Å². The molecule has 0 saturated heterocycles. The predicted octanol–water partition coefficient (Wildman–Crippen LogP) is 2.94. The van der Waals surface area contributed by atoms with Gasteiger partial charge in [0.1, 0.15) is 5.82 Å². The van der Waals surface area contributed by atoms with Crippen molar-refractivity contribution in [2.75, 3.05) is 0 Å². The van der Waals surface area contributed by atoms with Crippen LogP contribution in [-0.4, -0.2) is 9.78 Å². The largest absolute Gasteiger partial charge is 0.324 e. The molecule has 1 heterocycles. The highest BCUT2D eigenvalue weighted by Gasteiger charge is 2.26. The van der Waals surface area contributed by atoms with Crippen molar-refractivity contribution in [1.82, 2.24) is 9.78 Å². The number of fused-ring (bicyclic) bond motifs is 1. The summed E-state index contributed by atoms with van der Waals surface area (Å²) >= 11 is 0. The molecule has 21 heavy (non-hydrogen) atoms. The normalized spacial score (nSPS) is 17.3. The van der Waals surface area contributed by atoms with E-state index >= 15 is 0 Å². The molecule has 108 valence electrons. The van der Waals surface area contributed by atoms with Crippen LogP contribution in [0.5, 0.6) is 0 Å². The minimum atomic E-state index is -0.280. The van der Waals surface area contributed by atoms with Crippen molar-refractivity contribution in [3.63, 3.8) is 0 Å². The van der Waals surface area contributed by atoms with Crippen molar-refractivity contribution in [2.45, 2.75) is 38.3 Å². The number of hydrogen-bond acceptors (Lipinski definition) is 3. The number of rotatable bonds is 3. The summed E-state index contributed by atoms with van der Waals surface area (Å²) in [5.74, 6) is -0.280. The molecule has 0 fully saturated rings. The average Bonchev–Trinajstić information content (AvgIpc) is 2.85.